The van der Waals surface area contributed by atoms with Gasteiger partial charge >= 0.3 is 0 Å². The van der Waals surface area contributed by atoms with Crippen LogP contribution in [0.4, 0.5) is 21.5 Å². The third-order valence-electron chi connectivity index (χ3n) is 6.09. The van der Waals surface area contributed by atoms with Gasteiger partial charge < -0.3 is 34.9 Å². The van der Waals surface area contributed by atoms with Crippen molar-refractivity contribution in [2.45, 2.75) is 18.8 Å². The Morgan fingerprint density at radius 3 is 2.85 bits per heavy atom. The lowest BCUT2D eigenvalue weighted by Crippen LogP contribution is -2.29. The Labute approximate surface area is 236 Å². The number of anilines is 3. The average Bonchev–Trinajstić information content (AvgIpc) is 3.46. The molecule has 1 aromatic heterocycles. The molecule has 12 heteroatoms. The van der Waals surface area contributed by atoms with Crippen molar-refractivity contribution >= 4 is 45.5 Å². The Morgan fingerprint density at radius 1 is 1.32 bits per heavy atom. The summed E-state index contributed by atoms with van der Waals surface area (Å²) in [5.74, 6) is -0.526. The number of ether oxygens (including phenoxy) is 4. The Balaban J connectivity index is 1.63. The third kappa shape index (κ3) is 7.44. The van der Waals surface area contributed by atoms with Crippen LogP contribution in [-0.4, -0.2) is 63.8 Å². The van der Waals surface area contributed by atoms with E-state index >= 15 is 0 Å². The third-order valence-corrected chi connectivity index (χ3v) is 6.38. The molecule has 40 heavy (non-hydrogen) atoms. The van der Waals surface area contributed by atoms with E-state index in [2.05, 4.69) is 27.0 Å². The molecule has 0 aliphatic carbocycles. The predicted octanol–water partition coefficient (Wildman–Crippen LogP) is 4.51. The number of nitrogens with one attached hydrogen (secondary N) is 3. The van der Waals surface area contributed by atoms with Gasteiger partial charge in [-0.3, -0.25) is 9.78 Å². The number of hydrogen-bond acceptors (Lipinski definition) is 9. The summed E-state index contributed by atoms with van der Waals surface area (Å²) in [6, 6.07) is 9.67. The van der Waals surface area contributed by atoms with Gasteiger partial charge in [0.25, 0.3) is 0 Å². The molecule has 1 amide bonds. The first-order valence-electron chi connectivity index (χ1n) is 12.5. The molecule has 210 valence electrons. The number of carbonyl (C=O) groups is 1. The monoisotopic (exact) mass is 569 g/mol. The van der Waals surface area contributed by atoms with Crippen molar-refractivity contribution in [3.8, 4) is 11.8 Å². The maximum Gasteiger partial charge on any atom is 0.248 e. The number of pyridine rings is 1. The molecule has 0 unspecified atom stereocenters. The van der Waals surface area contributed by atoms with E-state index in [4.69, 9.17) is 30.5 Å². The highest BCUT2D eigenvalue weighted by Gasteiger charge is 2.21. The Hall–Kier alpha value is -3.79. The summed E-state index contributed by atoms with van der Waals surface area (Å²) in [6.45, 7) is 1.88. The van der Waals surface area contributed by atoms with Crippen molar-refractivity contribution in [3.63, 3.8) is 0 Å². The molecule has 2 heterocycles. The number of carbonyl (C=O) groups excluding carboxylic acids is 1. The van der Waals surface area contributed by atoms with E-state index in [1.54, 1.807) is 32.4 Å². The van der Waals surface area contributed by atoms with E-state index in [1.165, 1.54) is 30.5 Å². The molecule has 1 atom stereocenters. The first-order valence-corrected chi connectivity index (χ1v) is 12.9. The van der Waals surface area contributed by atoms with Gasteiger partial charge in [0.15, 0.2) is 6.29 Å². The SMILES string of the molecule is COC(CNC/C=C/C(=O)Nc1cc2c(Nc3ccc(F)c(Cl)c3)c(C#N)cnc2cc1O[C@H]1CCOC1)OC. The highest BCUT2D eigenvalue weighted by atomic mass is 35.5. The summed E-state index contributed by atoms with van der Waals surface area (Å²) >= 11 is 5.96. The van der Waals surface area contributed by atoms with E-state index in [9.17, 15) is 14.4 Å². The van der Waals surface area contributed by atoms with Crippen LogP contribution < -0.4 is 20.7 Å². The van der Waals surface area contributed by atoms with Crippen LogP contribution in [0.25, 0.3) is 10.9 Å². The minimum Gasteiger partial charge on any atom is -0.486 e. The number of amides is 1. The second-order valence-corrected chi connectivity index (χ2v) is 9.24. The largest absolute Gasteiger partial charge is 0.486 e. The standard InChI is InChI=1S/C28H29ClFN5O5/c1-37-27(38-2)15-32-8-3-4-26(36)35-24-11-20-23(12-25(24)40-19-7-9-39-16-19)33-14-17(13-31)28(20)34-18-5-6-22(30)21(29)10-18/h3-6,10-12,14,19,27,32H,7-9,15-16H2,1-2H3,(H,33,34)(H,35,36)/b4-3+/t19-/m0/s1. The zero-order chi connectivity index (χ0) is 28.5. The molecule has 0 spiro atoms. The second-order valence-electron chi connectivity index (χ2n) is 8.83. The van der Waals surface area contributed by atoms with Gasteiger partial charge in [0.1, 0.15) is 23.7 Å². The van der Waals surface area contributed by atoms with Crippen molar-refractivity contribution < 1.29 is 28.1 Å². The fourth-order valence-corrected chi connectivity index (χ4v) is 4.21. The van der Waals surface area contributed by atoms with E-state index in [1.807, 2.05) is 0 Å². The molecular formula is C28H29ClFN5O5. The maximum atomic E-state index is 13.7. The van der Waals surface area contributed by atoms with Crippen LogP contribution >= 0.6 is 11.6 Å². The molecule has 1 saturated heterocycles. The van der Waals surface area contributed by atoms with Gasteiger partial charge in [-0.05, 0) is 24.3 Å². The summed E-state index contributed by atoms with van der Waals surface area (Å²) in [4.78, 5) is 17.3. The first kappa shape index (κ1) is 29.2. The van der Waals surface area contributed by atoms with Crippen molar-refractivity contribution in [2.75, 3.05) is 51.2 Å². The molecule has 1 aliphatic heterocycles. The quantitative estimate of drug-likeness (QED) is 0.164. The van der Waals surface area contributed by atoms with Crippen molar-refractivity contribution in [1.29, 1.82) is 5.26 Å². The molecule has 0 saturated carbocycles. The molecule has 3 N–H and O–H groups in total. The van der Waals surface area contributed by atoms with E-state index in [0.717, 1.165) is 0 Å². The smallest absolute Gasteiger partial charge is 0.248 e. The molecule has 0 radical (unpaired) electrons. The normalized spacial score (nSPS) is 15.1. The number of hydrogen-bond donors (Lipinski definition) is 3. The van der Waals surface area contributed by atoms with E-state index < -0.39 is 5.82 Å². The number of nitriles is 1. The van der Waals surface area contributed by atoms with Crippen LogP contribution in [0.2, 0.25) is 5.02 Å². The Kier molecular flexibility index (Phi) is 10.2. The topological polar surface area (TPSA) is 127 Å². The minimum atomic E-state index is -0.560. The lowest BCUT2D eigenvalue weighted by atomic mass is 10.1. The predicted molar refractivity (Wildman–Crippen MR) is 149 cm³/mol. The molecule has 1 fully saturated rings. The van der Waals surface area contributed by atoms with E-state index in [0.29, 0.717) is 66.4 Å². The number of fused-ring (bicyclic) bond motifs is 1. The lowest BCUT2D eigenvalue weighted by Gasteiger charge is -2.18. The van der Waals surface area contributed by atoms with Crippen LogP contribution in [0.1, 0.15) is 12.0 Å². The zero-order valence-electron chi connectivity index (χ0n) is 22.0. The van der Waals surface area contributed by atoms with Crippen LogP contribution in [0.5, 0.6) is 5.75 Å². The molecule has 4 rings (SSSR count). The highest BCUT2D eigenvalue weighted by Crippen LogP contribution is 2.37. The Morgan fingerprint density at radius 2 is 2.15 bits per heavy atom. The number of methoxy groups -OCH3 is 2. The van der Waals surface area contributed by atoms with Crippen molar-refractivity contribution in [3.05, 3.63) is 65.1 Å². The van der Waals surface area contributed by atoms with Gasteiger partial charge in [-0.1, -0.05) is 17.7 Å². The molecule has 3 aromatic rings. The molecule has 2 aromatic carbocycles. The number of aromatic nitrogens is 1. The maximum absolute atomic E-state index is 13.7. The summed E-state index contributed by atoms with van der Waals surface area (Å²) < 4.78 is 35.6. The minimum absolute atomic E-state index is 0.0643. The van der Waals surface area contributed by atoms with Crippen LogP contribution in [0.3, 0.4) is 0 Å². The van der Waals surface area contributed by atoms with Gasteiger partial charge in [-0.25, -0.2) is 4.39 Å². The molecule has 1 aliphatic rings. The summed E-state index contributed by atoms with van der Waals surface area (Å²) in [6.07, 6.45) is 4.64. The number of halogens is 2. The fraction of sp³-hybridized carbons (Fsp3) is 0.321. The van der Waals surface area contributed by atoms with Gasteiger partial charge in [-0.15, -0.1) is 0 Å². The number of benzene rings is 2. The summed E-state index contributed by atoms with van der Waals surface area (Å²) in [5.41, 5.74) is 2.06. The van der Waals surface area contributed by atoms with Crippen LogP contribution in [0, 0.1) is 17.1 Å². The van der Waals surface area contributed by atoms with E-state index in [-0.39, 0.29) is 28.9 Å². The van der Waals surface area contributed by atoms with Crippen LogP contribution in [0.15, 0.2) is 48.7 Å². The fourth-order valence-electron chi connectivity index (χ4n) is 4.03. The van der Waals surface area contributed by atoms with Crippen molar-refractivity contribution in [1.82, 2.24) is 10.3 Å². The van der Waals surface area contributed by atoms with Gasteiger partial charge in [-0.2, -0.15) is 5.26 Å². The van der Waals surface area contributed by atoms with Gasteiger partial charge in [0.2, 0.25) is 5.91 Å². The number of nitrogens with zero attached hydrogens (tertiary/aromatic N) is 2. The van der Waals surface area contributed by atoms with Gasteiger partial charge in [0, 0.05) is 63.1 Å². The summed E-state index contributed by atoms with van der Waals surface area (Å²) in [7, 11) is 3.09. The summed E-state index contributed by atoms with van der Waals surface area (Å²) in [5, 5.41) is 19.4. The first-order chi connectivity index (χ1) is 19.4. The molecule has 10 nitrogen and oxygen atoms in total. The number of rotatable bonds is 12. The Bertz CT molecular complexity index is 1420. The highest BCUT2D eigenvalue weighted by molar-refractivity contribution is 6.31. The molecule has 0 bridgehead atoms. The van der Waals surface area contributed by atoms with Crippen molar-refractivity contribution in [2.24, 2.45) is 0 Å². The lowest BCUT2D eigenvalue weighted by molar-refractivity contribution is -0.111. The van der Waals surface area contributed by atoms with Crippen LogP contribution in [-0.2, 0) is 19.0 Å². The second kappa shape index (κ2) is 14.0. The molecular weight excluding hydrogens is 541 g/mol. The van der Waals surface area contributed by atoms with Gasteiger partial charge in [0.05, 0.1) is 40.7 Å². The zero-order valence-corrected chi connectivity index (χ0v) is 22.8. The average molecular weight is 570 g/mol.